The highest BCUT2D eigenvalue weighted by atomic mass is 16.7. The number of unbranched alkanes of at least 4 members (excludes halogenated alkanes) is 4. The van der Waals surface area contributed by atoms with Gasteiger partial charge in [-0.25, -0.2) is 14.4 Å². The number of carbonyl (C=O) groups excluding carboxylic acids is 7. The Hall–Kier alpha value is -5.29. The molecule has 2 amide bonds. The fraction of sp³-hybridized carbons (Fsp3) is 0.702. The van der Waals surface area contributed by atoms with Crippen LogP contribution in [0.5, 0.6) is 0 Å². The van der Waals surface area contributed by atoms with Gasteiger partial charge >= 0.3 is 29.8 Å². The Bertz CT molecular complexity index is 2160. The van der Waals surface area contributed by atoms with Crippen molar-refractivity contribution in [2.24, 2.45) is 10.8 Å². The van der Waals surface area contributed by atoms with E-state index in [1.165, 1.54) is 47.0 Å². The summed E-state index contributed by atoms with van der Waals surface area (Å²) in [6, 6.07) is 0. The Labute approximate surface area is 459 Å². The molecule has 6 N–H and O–H groups in total. The summed E-state index contributed by atoms with van der Waals surface area (Å²) in [5.74, 6) is -8.25. The third-order valence-corrected chi connectivity index (χ3v) is 14.2. The van der Waals surface area contributed by atoms with Gasteiger partial charge in [-0.15, -0.1) is 0 Å². The van der Waals surface area contributed by atoms with Gasteiger partial charge in [-0.2, -0.15) is 0 Å². The molecule has 0 radical (unpaired) electrons. The van der Waals surface area contributed by atoms with Gasteiger partial charge in [0.2, 0.25) is 17.6 Å². The molecule has 11 atom stereocenters. The lowest BCUT2D eigenvalue weighted by atomic mass is 9.70. The summed E-state index contributed by atoms with van der Waals surface area (Å²) in [7, 11) is 2.40. The van der Waals surface area contributed by atoms with E-state index >= 15 is 0 Å². The van der Waals surface area contributed by atoms with Crippen molar-refractivity contribution < 1.29 is 91.9 Å². The van der Waals surface area contributed by atoms with Gasteiger partial charge in [0.25, 0.3) is 0 Å². The fourth-order valence-corrected chi connectivity index (χ4v) is 9.71. The molecule has 6 bridgehead atoms. The molecule has 0 aromatic heterocycles. The van der Waals surface area contributed by atoms with Crippen molar-refractivity contribution >= 4 is 41.7 Å². The SMILES string of the molecule is CC(=O)NCCCCCCNC(C)=O.CCC/C=C/C=C/C(=O)O[C@H]1/C(=C/C(=O)OC)C[C@H]2C[C@H]([C@@H](C)O)OC(=O)C[C@H](O)C[C@@H]3C[C@H](OC(C)=O)C(C)(C)[C@](O)(C[C@@H]4C/C(=C/C(=O)OC)CC(/C=C\C(C)(C)[C@]1(O)O2)O4)O3. The maximum atomic E-state index is 13.4. The first kappa shape index (κ1) is 67.0. The number of allylic oxidation sites excluding steroid dienone is 3. The highest BCUT2D eigenvalue weighted by molar-refractivity contribution is 5.85. The minimum Gasteiger partial charge on any atom is -0.466 e. The zero-order chi connectivity index (χ0) is 58.4. The standard InChI is InChI=1S/C47H68O17.C10H20N2O2/c1-10-11-12-13-14-15-39(51)62-43-31(22-41(53)58-9)21-34-25-37(28(2)48)61-42(54)24-32(50)23-35-26-38(59-29(3)49)45(6,7)46(55,63-35)27-36-19-30(20-40(52)57-8)18-33(60-36)16-17-44(4,5)47(43,56)64-34;1-9(13)11-7-5-3-4-6-8-12-10(2)14/h12-17,20,22,28,32-38,43,48,50,55-56H,10-11,18-19,21,23-27H2,1-9H3;3-8H2,1-2H3,(H,11,13)(H,12,14)/b13-12+,15-14+,17-16-,30-20+,31-22+;/t28-,32-,33?,34+,35-,36+,37-,38+,43+,46+,47-;/m1./s1. The third-order valence-electron chi connectivity index (χ3n) is 14.2. The molecule has 3 saturated heterocycles. The van der Waals surface area contributed by atoms with Crippen LogP contribution < -0.4 is 10.6 Å². The van der Waals surface area contributed by atoms with E-state index in [0.29, 0.717) is 5.57 Å². The number of nitrogens with one attached hydrogen (secondary N) is 2. The molecule has 21 nitrogen and oxygen atoms in total. The van der Waals surface area contributed by atoms with Gasteiger partial charge in [0.05, 0.1) is 62.7 Å². The summed E-state index contributed by atoms with van der Waals surface area (Å²) >= 11 is 0. The number of esters is 5. The molecular formula is C57H88N2O19. The molecule has 3 fully saturated rings. The fourth-order valence-electron chi connectivity index (χ4n) is 9.71. The summed E-state index contributed by atoms with van der Waals surface area (Å²) in [5, 5.41) is 53.0. The van der Waals surface area contributed by atoms with Crippen molar-refractivity contribution in [3.05, 3.63) is 59.8 Å². The third kappa shape index (κ3) is 21.1. The molecule has 440 valence electrons. The van der Waals surface area contributed by atoms with Gasteiger partial charge in [-0.3, -0.25) is 19.2 Å². The maximum absolute atomic E-state index is 13.4. The lowest BCUT2D eigenvalue weighted by Crippen LogP contribution is -2.62. The van der Waals surface area contributed by atoms with Gasteiger partial charge in [-0.1, -0.05) is 89.8 Å². The smallest absolute Gasteiger partial charge is 0.331 e. The molecule has 0 spiro atoms. The zero-order valence-corrected chi connectivity index (χ0v) is 47.5. The number of aliphatic hydroxyl groups excluding tert-OH is 2. The molecule has 0 saturated carbocycles. The van der Waals surface area contributed by atoms with E-state index in [0.717, 1.165) is 70.9 Å². The maximum Gasteiger partial charge on any atom is 0.331 e. The largest absolute Gasteiger partial charge is 0.466 e. The highest BCUT2D eigenvalue weighted by Crippen LogP contribution is 2.50. The molecule has 4 aliphatic rings. The minimum absolute atomic E-state index is 0.0308. The highest BCUT2D eigenvalue weighted by Gasteiger charge is 2.59. The molecule has 1 unspecified atom stereocenters. The van der Waals surface area contributed by atoms with E-state index in [2.05, 4.69) is 10.6 Å². The number of hydrogen-bond acceptors (Lipinski definition) is 19. The van der Waals surface area contributed by atoms with E-state index in [9.17, 15) is 54.0 Å². The van der Waals surface area contributed by atoms with Crippen molar-refractivity contribution in [1.82, 2.24) is 10.6 Å². The Morgan fingerprint density at radius 1 is 0.782 bits per heavy atom. The average Bonchev–Trinajstić information content (AvgIpc) is 3.35. The molecule has 0 aromatic rings. The minimum atomic E-state index is -2.47. The predicted molar refractivity (Wildman–Crippen MR) is 284 cm³/mol. The second kappa shape index (κ2) is 31.5. The molecule has 21 heteroatoms. The van der Waals surface area contributed by atoms with Gasteiger partial charge in [-0.05, 0) is 51.0 Å². The topological polar surface area (TPSA) is 298 Å². The first-order chi connectivity index (χ1) is 36.6. The van der Waals surface area contributed by atoms with Crippen LogP contribution in [0.1, 0.15) is 152 Å². The van der Waals surface area contributed by atoms with E-state index < -0.39 is 114 Å². The lowest BCUT2D eigenvalue weighted by Gasteiger charge is -2.53. The molecule has 4 rings (SSSR count). The van der Waals surface area contributed by atoms with Crippen LogP contribution in [0, 0.1) is 10.8 Å². The summed E-state index contributed by atoms with van der Waals surface area (Å²) in [5.41, 5.74) is -2.06. The van der Waals surface area contributed by atoms with Crippen molar-refractivity contribution in [1.29, 1.82) is 0 Å². The average molecular weight is 1110 g/mol. The van der Waals surface area contributed by atoms with Gasteiger partial charge in [0.15, 0.2) is 11.9 Å². The van der Waals surface area contributed by atoms with Crippen LogP contribution in [0.4, 0.5) is 0 Å². The Morgan fingerprint density at radius 3 is 1.99 bits per heavy atom. The van der Waals surface area contributed by atoms with Crippen molar-refractivity contribution in [3.63, 3.8) is 0 Å². The molecule has 0 aromatic carbocycles. The number of amides is 2. The van der Waals surface area contributed by atoms with E-state index in [1.807, 2.05) is 13.0 Å². The van der Waals surface area contributed by atoms with Crippen LogP contribution in [0.2, 0.25) is 0 Å². The number of cyclic esters (lactones) is 1. The Balaban J connectivity index is 0.000000998. The summed E-state index contributed by atoms with van der Waals surface area (Å²) in [4.78, 5) is 85.7. The zero-order valence-electron chi connectivity index (χ0n) is 47.5. The number of hydrogen-bond donors (Lipinski definition) is 6. The summed E-state index contributed by atoms with van der Waals surface area (Å²) < 4.78 is 46.7. The monoisotopic (exact) mass is 1100 g/mol. The first-order valence-electron chi connectivity index (χ1n) is 27.0. The first-order valence-corrected chi connectivity index (χ1v) is 27.0. The number of methoxy groups -OCH3 is 2. The van der Waals surface area contributed by atoms with Crippen molar-refractivity contribution in [2.45, 2.75) is 219 Å². The van der Waals surface area contributed by atoms with Gasteiger partial charge in [0.1, 0.15) is 12.2 Å². The van der Waals surface area contributed by atoms with Gasteiger partial charge in [0, 0.05) is 83.2 Å². The van der Waals surface area contributed by atoms with Crippen molar-refractivity contribution in [2.75, 3.05) is 27.3 Å². The van der Waals surface area contributed by atoms with Crippen LogP contribution >= 0.6 is 0 Å². The Morgan fingerprint density at radius 2 is 1.41 bits per heavy atom. The quantitative estimate of drug-likeness (QED) is 0.0293. The lowest BCUT2D eigenvalue weighted by molar-refractivity contribution is -0.348. The second-order valence-corrected chi connectivity index (χ2v) is 21.6. The normalized spacial score (nSPS) is 31.1. The molecule has 0 aliphatic carbocycles. The van der Waals surface area contributed by atoms with Crippen LogP contribution in [-0.4, -0.2) is 156 Å². The van der Waals surface area contributed by atoms with Crippen molar-refractivity contribution in [3.8, 4) is 0 Å². The molecule has 4 aliphatic heterocycles. The summed E-state index contributed by atoms with van der Waals surface area (Å²) in [6.07, 6.45) is 6.78. The number of rotatable bonds is 16. The summed E-state index contributed by atoms with van der Waals surface area (Å²) in [6.45, 7) is 15.8. The van der Waals surface area contributed by atoms with Gasteiger partial charge < -0.3 is 69.0 Å². The van der Waals surface area contributed by atoms with E-state index in [4.69, 9.17) is 37.9 Å². The van der Waals surface area contributed by atoms with Crippen LogP contribution in [0.3, 0.4) is 0 Å². The second-order valence-electron chi connectivity index (χ2n) is 21.6. The number of carbonyl (C=O) groups is 7. The van der Waals surface area contributed by atoms with E-state index in [-0.39, 0.29) is 62.3 Å². The molecule has 78 heavy (non-hydrogen) atoms. The van der Waals surface area contributed by atoms with Crippen LogP contribution in [0.15, 0.2) is 59.8 Å². The number of fused-ring (bicyclic) bond motifs is 6. The predicted octanol–water partition coefficient (Wildman–Crippen LogP) is 5.10. The van der Waals surface area contributed by atoms with Crippen LogP contribution in [-0.2, 0) is 71.5 Å². The molecular weight excluding hydrogens is 1020 g/mol. The van der Waals surface area contributed by atoms with E-state index in [1.54, 1.807) is 45.9 Å². The number of ether oxygens (including phenoxy) is 8. The molecule has 4 heterocycles. The van der Waals surface area contributed by atoms with Crippen LogP contribution in [0.25, 0.3) is 0 Å². The Kier molecular flexibility index (Phi) is 27.0. The number of aliphatic hydroxyl groups is 4.